The zero-order valence-corrected chi connectivity index (χ0v) is 13.0. The highest BCUT2D eigenvalue weighted by Gasteiger charge is 2.18. The minimum atomic E-state index is -3.82. The van der Waals surface area contributed by atoms with Crippen LogP contribution in [-0.4, -0.2) is 36.6 Å². The SMILES string of the molecule is NS(=O)(=O)c1ccc(S(=O)(=O)NCCC2CCOC2)cc1. The molecule has 0 aromatic heterocycles. The molecule has 7 nitrogen and oxygen atoms in total. The average Bonchev–Trinajstić information content (AvgIpc) is 2.91. The van der Waals surface area contributed by atoms with Crippen LogP contribution in [-0.2, 0) is 24.8 Å². The summed E-state index contributed by atoms with van der Waals surface area (Å²) >= 11 is 0. The van der Waals surface area contributed by atoms with E-state index < -0.39 is 20.0 Å². The van der Waals surface area contributed by atoms with E-state index in [1.165, 1.54) is 24.3 Å². The zero-order chi connectivity index (χ0) is 15.5. The number of sulfonamides is 2. The number of rotatable bonds is 6. The molecule has 1 aliphatic heterocycles. The van der Waals surface area contributed by atoms with Crippen molar-refractivity contribution >= 4 is 20.0 Å². The molecule has 1 aromatic carbocycles. The molecule has 118 valence electrons. The standard InChI is InChI=1S/C12H18N2O5S2/c13-20(15,16)11-1-3-12(4-2-11)21(17,18)14-7-5-10-6-8-19-9-10/h1-4,10,14H,5-9H2,(H2,13,15,16). The van der Waals surface area contributed by atoms with Crippen LogP contribution >= 0.6 is 0 Å². The third kappa shape index (κ3) is 4.48. The number of benzene rings is 1. The van der Waals surface area contributed by atoms with Gasteiger partial charge in [0.1, 0.15) is 0 Å². The van der Waals surface area contributed by atoms with Gasteiger partial charge in [-0.15, -0.1) is 0 Å². The van der Waals surface area contributed by atoms with Crippen molar-refractivity contribution in [2.75, 3.05) is 19.8 Å². The molecule has 0 amide bonds. The molecule has 1 fully saturated rings. The van der Waals surface area contributed by atoms with Gasteiger partial charge in [0.15, 0.2) is 0 Å². The van der Waals surface area contributed by atoms with Crippen LogP contribution < -0.4 is 9.86 Å². The van der Waals surface area contributed by atoms with Crippen molar-refractivity contribution in [1.82, 2.24) is 4.72 Å². The van der Waals surface area contributed by atoms with Crippen LogP contribution in [0.15, 0.2) is 34.1 Å². The lowest BCUT2D eigenvalue weighted by atomic mass is 10.1. The Balaban J connectivity index is 1.98. The van der Waals surface area contributed by atoms with Gasteiger partial charge in [0, 0.05) is 19.8 Å². The first-order valence-electron chi connectivity index (χ1n) is 6.49. The summed E-state index contributed by atoms with van der Waals surface area (Å²) in [5.74, 6) is 0.387. The number of hydrogen-bond donors (Lipinski definition) is 2. The Morgan fingerprint density at radius 1 is 1.14 bits per heavy atom. The summed E-state index contributed by atoms with van der Waals surface area (Å²) in [6.07, 6.45) is 1.67. The normalized spacial score (nSPS) is 19.8. The molecular weight excluding hydrogens is 316 g/mol. The first kappa shape index (κ1) is 16.4. The maximum absolute atomic E-state index is 12.0. The molecule has 1 aromatic rings. The van der Waals surface area contributed by atoms with Gasteiger partial charge in [0.25, 0.3) is 0 Å². The summed E-state index contributed by atoms with van der Waals surface area (Å²) in [6.45, 7) is 1.73. The highest BCUT2D eigenvalue weighted by Crippen LogP contribution is 2.17. The third-order valence-corrected chi connectivity index (χ3v) is 5.74. The summed E-state index contributed by atoms with van der Waals surface area (Å²) < 4.78 is 54.0. The predicted octanol–water partition coefficient (Wildman–Crippen LogP) is 0.0389. The topological polar surface area (TPSA) is 116 Å². The molecule has 1 aliphatic rings. The van der Waals surface area contributed by atoms with Crippen molar-refractivity contribution < 1.29 is 21.6 Å². The Morgan fingerprint density at radius 3 is 2.29 bits per heavy atom. The van der Waals surface area contributed by atoms with E-state index in [0.717, 1.165) is 13.0 Å². The fourth-order valence-electron chi connectivity index (χ4n) is 2.10. The maximum atomic E-state index is 12.0. The van der Waals surface area contributed by atoms with Crippen LogP contribution in [0.4, 0.5) is 0 Å². The molecule has 21 heavy (non-hydrogen) atoms. The molecule has 0 radical (unpaired) electrons. The first-order chi connectivity index (χ1) is 9.79. The Hall–Kier alpha value is -1.00. The minimum Gasteiger partial charge on any atom is -0.381 e. The summed E-state index contributed by atoms with van der Waals surface area (Å²) in [7, 11) is -7.46. The van der Waals surface area contributed by atoms with E-state index in [-0.39, 0.29) is 9.79 Å². The van der Waals surface area contributed by atoms with Gasteiger partial charge < -0.3 is 4.74 Å². The van der Waals surface area contributed by atoms with Crippen molar-refractivity contribution in [3.63, 3.8) is 0 Å². The molecule has 3 N–H and O–H groups in total. The molecule has 9 heteroatoms. The van der Waals surface area contributed by atoms with E-state index in [1.807, 2.05) is 0 Å². The van der Waals surface area contributed by atoms with Crippen LogP contribution in [0, 0.1) is 5.92 Å². The molecular formula is C12H18N2O5S2. The van der Waals surface area contributed by atoms with Crippen molar-refractivity contribution in [3.8, 4) is 0 Å². The van der Waals surface area contributed by atoms with Crippen molar-refractivity contribution in [2.24, 2.45) is 11.1 Å². The van der Waals surface area contributed by atoms with E-state index in [4.69, 9.17) is 9.88 Å². The van der Waals surface area contributed by atoms with Crippen LogP contribution in [0.25, 0.3) is 0 Å². The highest BCUT2D eigenvalue weighted by atomic mass is 32.2. The number of nitrogens with two attached hydrogens (primary N) is 1. The number of ether oxygens (including phenoxy) is 1. The third-order valence-electron chi connectivity index (χ3n) is 3.33. The largest absolute Gasteiger partial charge is 0.381 e. The number of hydrogen-bond acceptors (Lipinski definition) is 5. The molecule has 1 saturated heterocycles. The number of primary sulfonamides is 1. The average molecular weight is 334 g/mol. The maximum Gasteiger partial charge on any atom is 0.240 e. The Labute approximate surface area is 124 Å². The van der Waals surface area contributed by atoms with Crippen LogP contribution in [0.1, 0.15) is 12.8 Å². The van der Waals surface area contributed by atoms with Crippen molar-refractivity contribution in [3.05, 3.63) is 24.3 Å². The van der Waals surface area contributed by atoms with Crippen LogP contribution in [0.3, 0.4) is 0 Å². The molecule has 1 heterocycles. The van der Waals surface area contributed by atoms with Crippen LogP contribution in [0.2, 0.25) is 0 Å². The van der Waals surface area contributed by atoms with Gasteiger partial charge in [-0.2, -0.15) is 0 Å². The van der Waals surface area contributed by atoms with Gasteiger partial charge in [-0.3, -0.25) is 0 Å². The summed E-state index contributed by atoms with van der Waals surface area (Å²) in [5.41, 5.74) is 0. The molecule has 0 spiro atoms. The summed E-state index contributed by atoms with van der Waals surface area (Å²) in [6, 6.07) is 4.80. The van der Waals surface area contributed by atoms with E-state index in [9.17, 15) is 16.8 Å². The molecule has 1 unspecified atom stereocenters. The first-order valence-corrected chi connectivity index (χ1v) is 9.52. The molecule has 0 bridgehead atoms. The molecule has 0 aliphatic carbocycles. The van der Waals surface area contributed by atoms with E-state index in [0.29, 0.717) is 25.5 Å². The smallest absolute Gasteiger partial charge is 0.240 e. The quantitative estimate of drug-likeness (QED) is 0.762. The lowest BCUT2D eigenvalue weighted by Crippen LogP contribution is -2.26. The van der Waals surface area contributed by atoms with E-state index in [1.54, 1.807) is 0 Å². The lowest BCUT2D eigenvalue weighted by Gasteiger charge is -2.10. The highest BCUT2D eigenvalue weighted by molar-refractivity contribution is 7.89. The molecule has 0 saturated carbocycles. The molecule has 1 atom stereocenters. The Morgan fingerprint density at radius 2 is 1.76 bits per heavy atom. The zero-order valence-electron chi connectivity index (χ0n) is 11.4. The van der Waals surface area contributed by atoms with Gasteiger partial charge in [0.05, 0.1) is 9.79 Å². The second kappa shape index (κ2) is 6.41. The van der Waals surface area contributed by atoms with Crippen LogP contribution in [0.5, 0.6) is 0 Å². The van der Waals surface area contributed by atoms with Crippen molar-refractivity contribution in [2.45, 2.75) is 22.6 Å². The predicted molar refractivity (Wildman–Crippen MR) is 76.5 cm³/mol. The fourth-order valence-corrected chi connectivity index (χ4v) is 3.66. The monoisotopic (exact) mass is 334 g/mol. The van der Waals surface area contributed by atoms with Crippen molar-refractivity contribution in [1.29, 1.82) is 0 Å². The number of nitrogens with one attached hydrogen (secondary N) is 1. The lowest BCUT2D eigenvalue weighted by molar-refractivity contribution is 0.184. The second-order valence-corrected chi connectivity index (χ2v) is 8.26. The van der Waals surface area contributed by atoms with Gasteiger partial charge in [-0.25, -0.2) is 26.7 Å². The van der Waals surface area contributed by atoms with Gasteiger partial charge >= 0.3 is 0 Å². The second-order valence-electron chi connectivity index (χ2n) is 4.93. The van der Waals surface area contributed by atoms with Gasteiger partial charge in [0.2, 0.25) is 20.0 Å². The minimum absolute atomic E-state index is 0.0116. The van der Waals surface area contributed by atoms with Gasteiger partial charge in [-0.1, -0.05) is 0 Å². The fraction of sp³-hybridized carbons (Fsp3) is 0.500. The Kier molecular flexibility index (Phi) is 4.99. The summed E-state index contributed by atoms with van der Waals surface area (Å²) in [5, 5.41) is 4.96. The van der Waals surface area contributed by atoms with Gasteiger partial charge in [-0.05, 0) is 43.0 Å². The summed E-state index contributed by atoms with van der Waals surface area (Å²) in [4.78, 5) is -0.109. The Bertz CT molecular complexity index is 677. The van der Waals surface area contributed by atoms with E-state index in [2.05, 4.69) is 4.72 Å². The van der Waals surface area contributed by atoms with E-state index >= 15 is 0 Å². The molecule has 2 rings (SSSR count).